The number of hydrogen-bond donors (Lipinski definition) is 1. The molecule has 0 unspecified atom stereocenters. The summed E-state index contributed by atoms with van der Waals surface area (Å²) in [6.07, 6.45) is 3.30. The van der Waals surface area contributed by atoms with Gasteiger partial charge in [0.15, 0.2) is 0 Å². The maximum absolute atomic E-state index is 13.0. The zero-order valence-electron chi connectivity index (χ0n) is 15.0. The summed E-state index contributed by atoms with van der Waals surface area (Å²) in [7, 11) is 0. The third kappa shape index (κ3) is 3.77. The lowest BCUT2D eigenvalue weighted by molar-refractivity contribution is -0.118. The van der Waals surface area contributed by atoms with Crippen LogP contribution in [0.25, 0.3) is 0 Å². The van der Waals surface area contributed by atoms with Crippen molar-refractivity contribution in [2.24, 2.45) is 0 Å². The molecule has 0 spiro atoms. The lowest BCUT2D eigenvalue weighted by atomic mass is 9.95. The number of halogens is 2. The number of hydrogen-bond acceptors (Lipinski definition) is 2. The van der Waals surface area contributed by atoms with E-state index in [-0.39, 0.29) is 11.5 Å². The number of benzene rings is 2. The van der Waals surface area contributed by atoms with E-state index in [2.05, 4.69) is 21.2 Å². The van der Waals surface area contributed by atoms with Crippen molar-refractivity contribution in [2.75, 3.05) is 5.32 Å². The monoisotopic (exact) mass is 456 g/mol. The van der Waals surface area contributed by atoms with Gasteiger partial charge < -0.3 is 9.88 Å². The standard InChI is InChI=1S/C22H18BrClN2O2/c23-17-6-3-5-16(12-17)22(10-11-22)21(28)25-18-8-9-20(27)26(14-18)13-15-4-1-2-7-19(15)24/h1-9,12,14H,10-11,13H2,(H,25,28). The molecule has 0 atom stereocenters. The molecule has 0 bridgehead atoms. The smallest absolute Gasteiger partial charge is 0.250 e. The average molecular weight is 458 g/mol. The minimum Gasteiger partial charge on any atom is -0.324 e. The molecule has 6 heteroatoms. The number of carbonyl (C=O) groups excluding carboxylic acids is 1. The largest absolute Gasteiger partial charge is 0.324 e. The topological polar surface area (TPSA) is 51.1 Å². The molecule has 142 valence electrons. The highest BCUT2D eigenvalue weighted by molar-refractivity contribution is 9.10. The number of aromatic nitrogens is 1. The highest BCUT2D eigenvalue weighted by atomic mass is 79.9. The van der Waals surface area contributed by atoms with Gasteiger partial charge >= 0.3 is 0 Å². The maximum Gasteiger partial charge on any atom is 0.250 e. The zero-order chi connectivity index (χ0) is 19.7. The Labute approximate surface area is 176 Å². The second-order valence-electron chi connectivity index (χ2n) is 7.02. The van der Waals surface area contributed by atoms with Gasteiger partial charge in [0.25, 0.3) is 5.56 Å². The molecule has 1 aliphatic rings. The fourth-order valence-electron chi connectivity index (χ4n) is 3.35. The molecular weight excluding hydrogens is 440 g/mol. The molecule has 1 fully saturated rings. The van der Waals surface area contributed by atoms with Gasteiger partial charge in [-0.1, -0.05) is 57.9 Å². The van der Waals surface area contributed by atoms with Crippen molar-refractivity contribution in [3.05, 3.63) is 97.8 Å². The first-order valence-electron chi connectivity index (χ1n) is 8.99. The Morgan fingerprint density at radius 2 is 1.89 bits per heavy atom. The van der Waals surface area contributed by atoms with Gasteiger partial charge in [0.05, 0.1) is 17.6 Å². The third-order valence-corrected chi connectivity index (χ3v) is 5.96. The van der Waals surface area contributed by atoms with E-state index < -0.39 is 5.41 Å². The SMILES string of the molecule is O=C(Nc1ccc(=O)n(Cc2ccccc2Cl)c1)C1(c2cccc(Br)c2)CC1. The lowest BCUT2D eigenvalue weighted by Gasteiger charge is -2.17. The van der Waals surface area contributed by atoms with Crippen LogP contribution in [0.3, 0.4) is 0 Å². The van der Waals surface area contributed by atoms with Crippen LogP contribution >= 0.6 is 27.5 Å². The third-order valence-electron chi connectivity index (χ3n) is 5.10. The van der Waals surface area contributed by atoms with Crippen molar-refractivity contribution in [3.8, 4) is 0 Å². The van der Waals surface area contributed by atoms with Gasteiger partial charge in [0, 0.05) is 21.8 Å². The van der Waals surface area contributed by atoms with Crippen LogP contribution in [-0.2, 0) is 16.8 Å². The summed E-state index contributed by atoms with van der Waals surface area (Å²) in [4.78, 5) is 25.2. The highest BCUT2D eigenvalue weighted by Crippen LogP contribution is 2.49. The fourth-order valence-corrected chi connectivity index (χ4v) is 3.94. The molecular formula is C22H18BrClN2O2. The van der Waals surface area contributed by atoms with Crippen molar-refractivity contribution >= 4 is 39.1 Å². The molecule has 1 amide bonds. The maximum atomic E-state index is 13.0. The summed E-state index contributed by atoms with van der Waals surface area (Å²) < 4.78 is 2.51. The Hall–Kier alpha value is -2.37. The molecule has 2 aromatic carbocycles. The van der Waals surface area contributed by atoms with Gasteiger partial charge in [0.2, 0.25) is 5.91 Å². The summed E-state index contributed by atoms with van der Waals surface area (Å²) in [5, 5.41) is 3.59. The number of anilines is 1. The zero-order valence-corrected chi connectivity index (χ0v) is 17.3. The number of rotatable bonds is 5. The molecule has 1 N–H and O–H groups in total. The molecule has 28 heavy (non-hydrogen) atoms. The highest BCUT2D eigenvalue weighted by Gasteiger charge is 2.51. The summed E-state index contributed by atoms with van der Waals surface area (Å²) in [5.41, 5.74) is 1.81. The minimum absolute atomic E-state index is 0.0476. The second-order valence-corrected chi connectivity index (χ2v) is 8.34. The summed E-state index contributed by atoms with van der Waals surface area (Å²) >= 11 is 9.68. The normalized spacial score (nSPS) is 14.5. The molecule has 1 heterocycles. The average Bonchev–Trinajstić information content (AvgIpc) is 3.48. The summed E-state index contributed by atoms with van der Waals surface area (Å²) in [5.74, 6) is -0.0476. The van der Waals surface area contributed by atoms with Gasteiger partial charge in [-0.25, -0.2) is 0 Å². The first-order chi connectivity index (χ1) is 13.5. The number of nitrogens with one attached hydrogen (secondary N) is 1. The van der Waals surface area contributed by atoms with Gasteiger partial charge in [-0.15, -0.1) is 0 Å². The van der Waals surface area contributed by atoms with E-state index >= 15 is 0 Å². The first kappa shape index (κ1) is 19.0. The Bertz CT molecular complexity index is 1110. The van der Waals surface area contributed by atoms with Gasteiger partial charge in [0.1, 0.15) is 0 Å². The minimum atomic E-state index is -0.493. The van der Waals surface area contributed by atoms with Crippen molar-refractivity contribution in [3.63, 3.8) is 0 Å². The van der Waals surface area contributed by atoms with Crippen LogP contribution in [0.15, 0.2) is 76.1 Å². The lowest BCUT2D eigenvalue weighted by Crippen LogP contribution is -2.29. The van der Waals surface area contributed by atoms with E-state index in [4.69, 9.17) is 11.6 Å². The van der Waals surface area contributed by atoms with Crippen molar-refractivity contribution in [1.29, 1.82) is 0 Å². The molecule has 0 radical (unpaired) electrons. The Morgan fingerprint density at radius 3 is 2.61 bits per heavy atom. The summed E-state index contributed by atoms with van der Waals surface area (Å²) in [6, 6.07) is 18.4. The van der Waals surface area contributed by atoms with Crippen LogP contribution in [0.2, 0.25) is 5.02 Å². The first-order valence-corrected chi connectivity index (χ1v) is 10.2. The van der Waals surface area contributed by atoms with E-state index in [1.54, 1.807) is 22.9 Å². The molecule has 1 aliphatic carbocycles. The quantitative estimate of drug-likeness (QED) is 0.587. The predicted octanol–water partition coefficient (Wildman–Crippen LogP) is 4.98. The van der Waals surface area contributed by atoms with E-state index in [1.165, 1.54) is 6.07 Å². The molecule has 0 aliphatic heterocycles. The molecule has 0 saturated heterocycles. The number of carbonyl (C=O) groups is 1. The van der Waals surface area contributed by atoms with Crippen LogP contribution in [0.4, 0.5) is 5.69 Å². The van der Waals surface area contributed by atoms with Crippen LogP contribution in [-0.4, -0.2) is 10.5 Å². The Morgan fingerprint density at radius 1 is 1.11 bits per heavy atom. The van der Waals surface area contributed by atoms with Crippen molar-refractivity contribution in [1.82, 2.24) is 4.57 Å². The number of nitrogens with zero attached hydrogens (tertiary/aromatic N) is 1. The van der Waals surface area contributed by atoms with Crippen LogP contribution in [0.5, 0.6) is 0 Å². The Kier molecular flexibility index (Phi) is 5.13. The van der Waals surface area contributed by atoms with E-state index in [0.29, 0.717) is 17.3 Å². The van der Waals surface area contributed by atoms with Crippen LogP contribution in [0, 0.1) is 0 Å². The van der Waals surface area contributed by atoms with E-state index in [9.17, 15) is 9.59 Å². The van der Waals surface area contributed by atoms with Crippen LogP contribution in [0.1, 0.15) is 24.0 Å². The van der Waals surface area contributed by atoms with Crippen molar-refractivity contribution < 1.29 is 4.79 Å². The fraction of sp³-hybridized carbons (Fsp3) is 0.182. The molecule has 1 saturated carbocycles. The van der Waals surface area contributed by atoms with E-state index in [1.807, 2.05) is 42.5 Å². The molecule has 3 aromatic rings. The van der Waals surface area contributed by atoms with Crippen molar-refractivity contribution in [2.45, 2.75) is 24.8 Å². The number of pyridine rings is 1. The molecule has 4 nitrogen and oxygen atoms in total. The molecule has 1 aromatic heterocycles. The predicted molar refractivity (Wildman–Crippen MR) is 115 cm³/mol. The summed E-state index contributed by atoms with van der Waals surface area (Å²) in [6.45, 7) is 0.346. The van der Waals surface area contributed by atoms with E-state index in [0.717, 1.165) is 28.4 Å². The number of amides is 1. The van der Waals surface area contributed by atoms with Crippen LogP contribution < -0.4 is 10.9 Å². The van der Waals surface area contributed by atoms with Gasteiger partial charge in [-0.05, 0) is 48.2 Å². The van der Waals surface area contributed by atoms with Gasteiger partial charge in [-0.3, -0.25) is 9.59 Å². The van der Waals surface area contributed by atoms with Gasteiger partial charge in [-0.2, -0.15) is 0 Å². The second kappa shape index (κ2) is 7.57. The Balaban J connectivity index is 1.56. The molecule has 4 rings (SSSR count).